The molecule has 0 spiro atoms. The number of benzene rings is 2. The molecule has 3 N–H and O–H groups in total. The molecule has 0 aliphatic heterocycles. The van der Waals surface area contributed by atoms with E-state index in [1.54, 1.807) is 6.07 Å². The third kappa shape index (κ3) is 3.89. The van der Waals surface area contributed by atoms with E-state index in [0.29, 0.717) is 0 Å². The number of aryl methyl sites for hydroxylation is 3. The molecule has 0 amide bonds. The number of hydrogen-bond donors (Lipinski definition) is 2. The van der Waals surface area contributed by atoms with Gasteiger partial charge < -0.3 is 0 Å². The van der Waals surface area contributed by atoms with Crippen LogP contribution in [0.3, 0.4) is 0 Å². The number of nitrogens with two attached hydrogens (primary N) is 1. The van der Waals surface area contributed by atoms with Gasteiger partial charge in [0.15, 0.2) is 0 Å². The van der Waals surface area contributed by atoms with Crippen molar-refractivity contribution in [2.75, 3.05) is 0 Å². The van der Waals surface area contributed by atoms with E-state index >= 15 is 0 Å². The number of hydrogen-bond acceptors (Lipinski definition) is 2. The minimum atomic E-state index is -0.212. The summed E-state index contributed by atoms with van der Waals surface area (Å²) in [5.41, 5.74) is 7.13. The van der Waals surface area contributed by atoms with Crippen molar-refractivity contribution in [1.29, 1.82) is 0 Å². The smallest absolute Gasteiger partial charge is 0.123 e. The molecule has 1 atom stereocenters. The van der Waals surface area contributed by atoms with Gasteiger partial charge in [0, 0.05) is 6.04 Å². The lowest BCUT2D eigenvalue weighted by atomic mass is 9.97. The maximum absolute atomic E-state index is 13.5. The Hall–Kier alpha value is -1.71. The zero-order valence-corrected chi connectivity index (χ0v) is 12.0. The van der Waals surface area contributed by atoms with Crippen LogP contribution in [-0.4, -0.2) is 0 Å². The number of hydrazine groups is 1. The summed E-state index contributed by atoms with van der Waals surface area (Å²) in [4.78, 5) is 0. The van der Waals surface area contributed by atoms with Crippen LogP contribution in [-0.2, 0) is 6.42 Å². The first-order valence-electron chi connectivity index (χ1n) is 6.87. The molecule has 2 nitrogen and oxygen atoms in total. The summed E-state index contributed by atoms with van der Waals surface area (Å²) in [6.07, 6.45) is 1.74. The normalized spacial score (nSPS) is 12.4. The molecular formula is C17H21FN2. The van der Waals surface area contributed by atoms with Crippen LogP contribution in [0.4, 0.5) is 4.39 Å². The van der Waals surface area contributed by atoms with Gasteiger partial charge in [0.1, 0.15) is 5.82 Å². The molecule has 3 heteroatoms. The number of halogens is 1. The minimum Gasteiger partial charge on any atom is -0.271 e. The summed E-state index contributed by atoms with van der Waals surface area (Å²) in [5, 5.41) is 0. The van der Waals surface area contributed by atoms with E-state index in [9.17, 15) is 4.39 Å². The van der Waals surface area contributed by atoms with Gasteiger partial charge in [0.2, 0.25) is 0 Å². The van der Waals surface area contributed by atoms with Crippen molar-refractivity contribution in [3.05, 3.63) is 70.5 Å². The Morgan fingerprint density at radius 1 is 1.10 bits per heavy atom. The highest BCUT2D eigenvalue weighted by atomic mass is 19.1. The fourth-order valence-electron chi connectivity index (χ4n) is 2.49. The molecule has 0 aliphatic rings. The average Bonchev–Trinajstić information content (AvgIpc) is 2.38. The van der Waals surface area contributed by atoms with Crippen molar-refractivity contribution >= 4 is 0 Å². The lowest BCUT2D eigenvalue weighted by Crippen LogP contribution is -2.28. The van der Waals surface area contributed by atoms with Crippen LogP contribution < -0.4 is 11.3 Å². The van der Waals surface area contributed by atoms with Gasteiger partial charge >= 0.3 is 0 Å². The highest BCUT2D eigenvalue weighted by molar-refractivity contribution is 5.27. The topological polar surface area (TPSA) is 38.0 Å². The molecule has 2 rings (SSSR count). The quantitative estimate of drug-likeness (QED) is 0.645. The van der Waals surface area contributed by atoms with Gasteiger partial charge in [-0.2, -0.15) is 0 Å². The van der Waals surface area contributed by atoms with E-state index in [1.165, 1.54) is 17.2 Å². The first kappa shape index (κ1) is 14.7. The van der Waals surface area contributed by atoms with Crippen molar-refractivity contribution in [3.8, 4) is 0 Å². The Labute approximate surface area is 119 Å². The summed E-state index contributed by atoms with van der Waals surface area (Å²) in [5.74, 6) is 5.41. The molecule has 0 aromatic heterocycles. The van der Waals surface area contributed by atoms with E-state index in [-0.39, 0.29) is 11.9 Å². The van der Waals surface area contributed by atoms with E-state index in [0.717, 1.165) is 24.0 Å². The van der Waals surface area contributed by atoms with Crippen LogP contribution in [0.25, 0.3) is 0 Å². The van der Waals surface area contributed by atoms with Crippen LogP contribution in [0.15, 0.2) is 42.5 Å². The van der Waals surface area contributed by atoms with Gasteiger partial charge in [0.25, 0.3) is 0 Å². The monoisotopic (exact) mass is 272 g/mol. The molecule has 0 radical (unpaired) electrons. The van der Waals surface area contributed by atoms with E-state index in [4.69, 9.17) is 5.84 Å². The predicted molar refractivity (Wildman–Crippen MR) is 80.7 cm³/mol. The lowest BCUT2D eigenvalue weighted by Gasteiger charge is -2.17. The van der Waals surface area contributed by atoms with Crippen LogP contribution >= 0.6 is 0 Å². The second-order valence-corrected chi connectivity index (χ2v) is 5.31. The maximum Gasteiger partial charge on any atom is 0.123 e. The largest absolute Gasteiger partial charge is 0.271 e. The van der Waals surface area contributed by atoms with Gasteiger partial charge in [0.05, 0.1) is 0 Å². The van der Waals surface area contributed by atoms with Crippen molar-refractivity contribution in [3.63, 3.8) is 0 Å². The molecule has 0 fully saturated rings. The fourth-order valence-corrected chi connectivity index (χ4v) is 2.49. The first-order chi connectivity index (χ1) is 9.58. The molecule has 2 aromatic carbocycles. The van der Waals surface area contributed by atoms with Crippen molar-refractivity contribution < 1.29 is 4.39 Å². The SMILES string of the molecule is Cc1cccc(CCC(NN)c2cc(C)cc(F)c2)c1. The maximum atomic E-state index is 13.5. The minimum absolute atomic E-state index is 0.0371. The molecule has 0 saturated carbocycles. The standard InChI is InChI=1S/C17H21FN2/c1-12-4-3-5-14(8-12)6-7-17(20-19)15-9-13(2)10-16(18)11-15/h3-5,8-11,17,20H,6-7,19H2,1-2H3. The molecule has 0 heterocycles. The highest BCUT2D eigenvalue weighted by Crippen LogP contribution is 2.21. The van der Waals surface area contributed by atoms with Crippen LogP contribution in [0.2, 0.25) is 0 Å². The number of rotatable bonds is 5. The highest BCUT2D eigenvalue weighted by Gasteiger charge is 2.11. The second kappa shape index (κ2) is 6.64. The zero-order valence-electron chi connectivity index (χ0n) is 12.0. The summed E-state index contributed by atoms with van der Waals surface area (Å²) >= 11 is 0. The van der Waals surface area contributed by atoms with Crippen LogP contribution in [0.1, 0.15) is 34.7 Å². The Morgan fingerprint density at radius 2 is 1.90 bits per heavy atom. The van der Waals surface area contributed by atoms with Crippen molar-refractivity contribution in [2.45, 2.75) is 32.7 Å². The van der Waals surface area contributed by atoms with E-state index < -0.39 is 0 Å². The Balaban J connectivity index is 2.09. The van der Waals surface area contributed by atoms with Gasteiger partial charge in [-0.1, -0.05) is 35.9 Å². The van der Waals surface area contributed by atoms with E-state index in [1.807, 2.05) is 13.0 Å². The molecule has 0 bridgehead atoms. The Kier molecular flexibility index (Phi) is 4.88. The van der Waals surface area contributed by atoms with Gasteiger partial charge in [-0.15, -0.1) is 0 Å². The van der Waals surface area contributed by atoms with Crippen LogP contribution in [0.5, 0.6) is 0 Å². The van der Waals surface area contributed by atoms with Gasteiger partial charge in [-0.25, -0.2) is 4.39 Å². The molecule has 1 unspecified atom stereocenters. The predicted octanol–water partition coefficient (Wildman–Crippen LogP) is 3.58. The molecule has 2 aromatic rings. The molecule has 0 aliphatic carbocycles. The van der Waals surface area contributed by atoms with Crippen LogP contribution in [0, 0.1) is 19.7 Å². The number of nitrogens with one attached hydrogen (secondary N) is 1. The summed E-state index contributed by atoms with van der Waals surface area (Å²) < 4.78 is 13.5. The first-order valence-corrected chi connectivity index (χ1v) is 6.87. The van der Waals surface area contributed by atoms with E-state index in [2.05, 4.69) is 36.6 Å². The summed E-state index contributed by atoms with van der Waals surface area (Å²) in [7, 11) is 0. The Bertz CT molecular complexity index is 561. The lowest BCUT2D eigenvalue weighted by molar-refractivity contribution is 0.511. The molecular weight excluding hydrogens is 251 g/mol. The molecule has 20 heavy (non-hydrogen) atoms. The summed E-state index contributed by atoms with van der Waals surface area (Å²) in [6.45, 7) is 3.97. The summed E-state index contributed by atoms with van der Waals surface area (Å²) in [6, 6.07) is 13.4. The van der Waals surface area contributed by atoms with Crippen molar-refractivity contribution in [1.82, 2.24) is 5.43 Å². The second-order valence-electron chi connectivity index (χ2n) is 5.31. The third-order valence-corrected chi connectivity index (χ3v) is 3.47. The van der Waals surface area contributed by atoms with Gasteiger partial charge in [-0.05, 0) is 55.5 Å². The zero-order chi connectivity index (χ0) is 14.5. The van der Waals surface area contributed by atoms with Gasteiger partial charge in [-0.3, -0.25) is 11.3 Å². The molecule has 0 saturated heterocycles. The molecule has 106 valence electrons. The average molecular weight is 272 g/mol. The third-order valence-electron chi connectivity index (χ3n) is 3.47. The Morgan fingerprint density at radius 3 is 2.55 bits per heavy atom. The van der Waals surface area contributed by atoms with Crippen molar-refractivity contribution in [2.24, 2.45) is 5.84 Å². The fraction of sp³-hybridized carbons (Fsp3) is 0.294.